The lowest BCUT2D eigenvalue weighted by molar-refractivity contribution is -0.134. The molecule has 0 bridgehead atoms. The Bertz CT molecular complexity index is 653. The number of alkyl carbamates (subject to hydrolysis) is 1. The number of piperidine rings is 1. The van der Waals surface area contributed by atoms with Gasteiger partial charge >= 0.3 is 6.09 Å². The maximum absolute atomic E-state index is 12.5. The van der Waals surface area contributed by atoms with Crippen molar-refractivity contribution < 1.29 is 23.8 Å². The highest BCUT2D eigenvalue weighted by atomic mass is 16.6. The molecule has 136 valence electrons. The van der Waals surface area contributed by atoms with E-state index in [9.17, 15) is 9.59 Å². The normalized spacial score (nSPS) is 18.6. The van der Waals surface area contributed by atoms with E-state index in [1.807, 2.05) is 23.1 Å². The average Bonchev–Trinajstić information content (AvgIpc) is 3.00. The number of nitrogens with one attached hydrogen (secondary N) is 1. The van der Waals surface area contributed by atoms with E-state index in [0.717, 1.165) is 5.56 Å². The van der Waals surface area contributed by atoms with Gasteiger partial charge in [-0.15, -0.1) is 0 Å². The maximum Gasteiger partial charge on any atom is 0.407 e. The molecule has 2 saturated heterocycles. The standard InChI is InChI=1S/C18H24N2O5/c1-23-14-5-3-13(11-15(14)24-2)4-6-16(21)20-9-7-18(8-10-20)12-19-17(22)25-18/h3,5,11H,4,6-10,12H2,1-2H3,(H,19,22). The number of carbonyl (C=O) groups is 2. The quantitative estimate of drug-likeness (QED) is 0.877. The third kappa shape index (κ3) is 3.81. The van der Waals surface area contributed by atoms with Crippen LogP contribution in [0.2, 0.25) is 0 Å². The molecule has 1 aromatic carbocycles. The Hall–Kier alpha value is -2.44. The summed E-state index contributed by atoms with van der Waals surface area (Å²) in [5.41, 5.74) is 0.616. The number of hydrogen-bond acceptors (Lipinski definition) is 5. The fourth-order valence-corrected chi connectivity index (χ4v) is 3.39. The second kappa shape index (κ2) is 7.21. The van der Waals surface area contributed by atoms with Gasteiger partial charge in [-0.3, -0.25) is 4.79 Å². The van der Waals surface area contributed by atoms with Crippen molar-refractivity contribution >= 4 is 12.0 Å². The summed E-state index contributed by atoms with van der Waals surface area (Å²) in [7, 11) is 3.20. The molecule has 7 nitrogen and oxygen atoms in total. The number of aryl methyl sites for hydroxylation is 1. The smallest absolute Gasteiger partial charge is 0.407 e. The number of nitrogens with zero attached hydrogens (tertiary/aromatic N) is 1. The molecule has 0 atom stereocenters. The van der Waals surface area contributed by atoms with Crippen molar-refractivity contribution in [2.75, 3.05) is 33.9 Å². The van der Waals surface area contributed by atoms with Crippen LogP contribution in [0, 0.1) is 0 Å². The number of carbonyl (C=O) groups excluding carboxylic acids is 2. The molecule has 2 amide bonds. The molecule has 1 N–H and O–H groups in total. The van der Waals surface area contributed by atoms with Crippen LogP contribution in [-0.4, -0.2) is 56.4 Å². The molecule has 0 unspecified atom stereocenters. The minimum Gasteiger partial charge on any atom is -0.493 e. The third-order valence-corrected chi connectivity index (χ3v) is 4.97. The van der Waals surface area contributed by atoms with Crippen molar-refractivity contribution in [3.8, 4) is 11.5 Å². The van der Waals surface area contributed by atoms with Crippen LogP contribution in [0.15, 0.2) is 18.2 Å². The fraction of sp³-hybridized carbons (Fsp3) is 0.556. The first-order valence-corrected chi connectivity index (χ1v) is 8.51. The molecule has 0 radical (unpaired) electrons. The summed E-state index contributed by atoms with van der Waals surface area (Å²) >= 11 is 0. The van der Waals surface area contributed by atoms with Gasteiger partial charge in [0.15, 0.2) is 11.5 Å². The van der Waals surface area contributed by atoms with E-state index in [-0.39, 0.29) is 12.0 Å². The summed E-state index contributed by atoms with van der Waals surface area (Å²) in [6.45, 7) is 1.79. The van der Waals surface area contributed by atoms with Gasteiger partial charge in [0.1, 0.15) is 5.60 Å². The Morgan fingerprint density at radius 2 is 1.96 bits per heavy atom. The molecule has 25 heavy (non-hydrogen) atoms. The molecule has 1 aromatic rings. The Labute approximate surface area is 147 Å². The second-order valence-electron chi connectivity index (χ2n) is 6.50. The lowest BCUT2D eigenvalue weighted by atomic mass is 9.91. The van der Waals surface area contributed by atoms with Crippen LogP contribution < -0.4 is 14.8 Å². The summed E-state index contributed by atoms with van der Waals surface area (Å²) in [6, 6.07) is 5.70. The van der Waals surface area contributed by atoms with E-state index in [2.05, 4.69) is 5.32 Å². The fourth-order valence-electron chi connectivity index (χ4n) is 3.39. The first-order valence-electron chi connectivity index (χ1n) is 8.51. The van der Waals surface area contributed by atoms with Crippen LogP contribution in [0.3, 0.4) is 0 Å². The van der Waals surface area contributed by atoms with Gasteiger partial charge < -0.3 is 24.4 Å². The van der Waals surface area contributed by atoms with Crippen molar-refractivity contribution in [3.63, 3.8) is 0 Å². The molecule has 2 aliphatic rings. The van der Waals surface area contributed by atoms with E-state index < -0.39 is 5.60 Å². The number of methoxy groups -OCH3 is 2. The molecule has 3 rings (SSSR count). The first-order chi connectivity index (χ1) is 12.0. The zero-order chi connectivity index (χ0) is 17.9. The predicted molar refractivity (Wildman–Crippen MR) is 90.9 cm³/mol. The van der Waals surface area contributed by atoms with E-state index >= 15 is 0 Å². The van der Waals surface area contributed by atoms with Crippen molar-refractivity contribution in [1.29, 1.82) is 0 Å². The second-order valence-corrected chi connectivity index (χ2v) is 6.50. The summed E-state index contributed by atoms with van der Waals surface area (Å²) in [6.07, 6.45) is 2.12. The highest BCUT2D eigenvalue weighted by molar-refractivity contribution is 5.77. The van der Waals surface area contributed by atoms with Crippen LogP contribution in [0.4, 0.5) is 4.79 Å². The number of rotatable bonds is 5. The number of amides is 2. The van der Waals surface area contributed by atoms with Gasteiger partial charge in [0.2, 0.25) is 5.91 Å². The van der Waals surface area contributed by atoms with Crippen molar-refractivity contribution in [2.24, 2.45) is 0 Å². The zero-order valence-corrected chi connectivity index (χ0v) is 14.7. The minimum absolute atomic E-state index is 0.127. The molecular weight excluding hydrogens is 324 g/mol. The van der Waals surface area contributed by atoms with Gasteiger partial charge in [-0.1, -0.05) is 6.07 Å². The molecule has 7 heteroatoms. The van der Waals surface area contributed by atoms with Crippen molar-refractivity contribution in [1.82, 2.24) is 10.2 Å². The van der Waals surface area contributed by atoms with Gasteiger partial charge in [0.25, 0.3) is 0 Å². The SMILES string of the molecule is COc1ccc(CCC(=O)N2CCC3(CC2)CNC(=O)O3)cc1OC. The van der Waals surface area contributed by atoms with Gasteiger partial charge in [0.05, 0.1) is 20.8 Å². The Kier molecular flexibility index (Phi) is 5.01. The van der Waals surface area contributed by atoms with Crippen LogP contribution >= 0.6 is 0 Å². The third-order valence-electron chi connectivity index (χ3n) is 4.97. The Morgan fingerprint density at radius 3 is 2.56 bits per heavy atom. The summed E-state index contributed by atoms with van der Waals surface area (Å²) in [5.74, 6) is 1.48. The topological polar surface area (TPSA) is 77.1 Å². The van der Waals surface area contributed by atoms with Gasteiger partial charge in [-0.2, -0.15) is 0 Å². The van der Waals surface area contributed by atoms with Gasteiger partial charge in [-0.05, 0) is 24.1 Å². The molecule has 0 aromatic heterocycles. The van der Waals surface area contributed by atoms with Crippen molar-refractivity contribution in [2.45, 2.75) is 31.3 Å². The average molecular weight is 348 g/mol. The predicted octanol–water partition coefficient (Wildman–Crippen LogP) is 1.74. The number of hydrogen-bond donors (Lipinski definition) is 1. The molecule has 1 spiro atoms. The van der Waals surface area contributed by atoms with Crippen molar-refractivity contribution in [3.05, 3.63) is 23.8 Å². The van der Waals surface area contributed by atoms with Crippen LogP contribution in [0.1, 0.15) is 24.8 Å². The Morgan fingerprint density at radius 1 is 1.24 bits per heavy atom. The van der Waals surface area contributed by atoms with E-state index in [0.29, 0.717) is 56.8 Å². The number of likely N-dealkylation sites (tertiary alicyclic amines) is 1. The summed E-state index contributed by atoms with van der Waals surface area (Å²) in [4.78, 5) is 25.6. The molecule has 2 aliphatic heterocycles. The largest absolute Gasteiger partial charge is 0.493 e. The van der Waals surface area contributed by atoms with E-state index in [4.69, 9.17) is 14.2 Å². The molecule has 2 fully saturated rings. The number of ether oxygens (including phenoxy) is 3. The monoisotopic (exact) mass is 348 g/mol. The van der Waals surface area contributed by atoms with E-state index in [1.165, 1.54) is 0 Å². The molecule has 0 aliphatic carbocycles. The Balaban J connectivity index is 1.51. The lowest BCUT2D eigenvalue weighted by Gasteiger charge is -2.37. The van der Waals surface area contributed by atoms with Gasteiger partial charge in [-0.25, -0.2) is 4.79 Å². The molecular formula is C18H24N2O5. The summed E-state index contributed by atoms with van der Waals surface area (Å²) in [5, 5.41) is 2.70. The first kappa shape index (κ1) is 17.4. The molecule has 2 heterocycles. The highest BCUT2D eigenvalue weighted by Crippen LogP contribution is 2.30. The van der Waals surface area contributed by atoms with Gasteiger partial charge in [0, 0.05) is 32.4 Å². The number of benzene rings is 1. The maximum atomic E-state index is 12.5. The summed E-state index contributed by atoms with van der Waals surface area (Å²) < 4.78 is 15.9. The lowest BCUT2D eigenvalue weighted by Crippen LogP contribution is -2.48. The zero-order valence-electron chi connectivity index (χ0n) is 14.7. The van der Waals surface area contributed by atoms with Crippen LogP contribution in [-0.2, 0) is 16.0 Å². The van der Waals surface area contributed by atoms with Crippen LogP contribution in [0.5, 0.6) is 11.5 Å². The highest BCUT2D eigenvalue weighted by Gasteiger charge is 2.43. The van der Waals surface area contributed by atoms with E-state index in [1.54, 1.807) is 14.2 Å². The van der Waals surface area contributed by atoms with Crippen LogP contribution in [0.25, 0.3) is 0 Å². The minimum atomic E-state index is -0.419. The molecule has 0 saturated carbocycles.